The van der Waals surface area contributed by atoms with Crippen LogP contribution in [0.25, 0.3) is 0 Å². The molecule has 1 saturated heterocycles. The number of nitrogens with zero attached hydrogens (tertiary/aromatic N) is 3. The minimum Gasteiger partial charge on any atom is -0.380 e. The number of amides is 1. The summed E-state index contributed by atoms with van der Waals surface area (Å²) in [6.07, 6.45) is 3.15. The lowest BCUT2D eigenvalue weighted by molar-refractivity contribution is -0.133. The summed E-state index contributed by atoms with van der Waals surface area (Å²) in [6.45, 7) is 5.66. The minimum atomic E-state index is -0.179. The van der Waals surface area contributed by atoms with Crippen molar-refractivity contribution in [3.8, 4) is 0 Å². The zero-order valence-corrected chi connectivity index (χ0v) is 16.0. The van der Waals surface area contributed by atoms with Crippen LogP contribution in [0.4, 0.5) is 5.13 Å². The maximum Gasteiger partial charge on any atom is 0.225 e. The van der Waals surface area contributed by atoms with Crippen molar-refractivity contribution in [3.05, 3.63) is 11.1 Å². The second kappa shape index (κ2) is 11.0. The van der Waals surface area contributed by atoms with Crippen LogP contribution < -0.4 is 10.6 Å². The molecule has 0 spiro atoms. The van der Waals surface area contributed by atoms with Crippen molar-refractivity contribution in [2.45, 2.75) is 25.9 Å². The first-order valence-corrected chi connectivity index (χ1v) is 8.19. The summed E-state index contributed by atoms with van der Waals surface area (Å²) in [6, 6.07) is 0. The van der Waals surface area contributed by atoms with E-state index in [1.165, 1.54) is 4.88 Å². The summed E-state index contributed by atoms with van der Waals surface area (Å²) in [5, 5.41) is 1.07. The molecule has 0 saturated carbocycles. The van der Waals surface area contributed by atoms with Crippen molar-refractivity contribution in [1.82, 2.24) is 9.88 Å². The van der Waals surface area contributed by atoms with Gasteiger partial charge in [0.25, 0.3) is 0 Å². The minimum absolute atomic E-state index is 0. The molecule has 1 aromatic heterocycles. The fourth-order valence-electron chi connectivity index (χ4n) is 2.34. The lowest BCUT2D eigenvalue weighted by Gasteiger charge is -2.35. The summed E-state index contributed by atoms with van der Waals surface area (Å²) in [7, 11) is 1.59. The third-order valence-corrected chi connectivity index (χ3v) is 4.99. The Kier molecular flexibility index (Phi) is 10.8. The van der Waals surface area contributed by atoms with Crippen LogP contribution in [0.3, 0.4) is 0 Å². The number of methoxy groups -OCH3 is 1. The number of anilines is 1. The van der Waals surface area contributed by atoms with Gasteiger partial charge in [0.1, 0.15) is 0 Å². The normalized spacial score (nSPS) is 15.6. The van der Waals surface area contributed by atoms with Crippen LogP contribution in [-0.4, -0.2) is 61.7 Å². The molecular weight excluding hydrogens is 359 g/mol. The van der Waals surface area contributed by atoms with Crippen LogP contribution in [0.1, 0.15) is 18.2 Å². The SMILES string of the molecule is CCc1cnc(N2CCN(C(=O)CC(CN)OC)CC2)s1.Cl.Cl. The van der Waals surface area contributed by atoms with Gasteiger partial charge in [-0.15, -0.1) is 36.2 Å². The molecule has 2 rings (SSSR count). The number of carbonyl (C=O) groups excluding carboxylic acids is 1. The monoisotopic (exact) mass is 384 g/mol. The van der Waals surface area contributed by atoms with Gasteiger partial charge in [0.2, 0.25) is 5.91 Å². The van der Waals surface area contributed by atoms with Gasteiger partial charge in [-0.2, -0.15) is 0 Å². The largest absolute Gasteiger partial charge is 0.380 e. The second-order valence-electron chi connectivity index (χ2n) is 5.13. The topological polar surface area (TPSA) is 71.7 Å². The molecule has 1 unspecified atom stereocenters. The van der Waals surface area contributed by atoms with E-state index < -0.39 is 0 Å². The van der Waals surface area contributed by atoms with Gasteiger partial charge in [-0.05, 0) is 6.42 Å². The Morgan fingerprint density at radius 3 is 2.52 bits per heavy atom. The third kappa shape index (κ3) is 6.08. The number of ether oxygens (including phenoxy) is 1. The number of aromatic nitrogens is 1. The first-order valence-electron chi connectivity index (χ1n) is 7.38. The maximum atomic E-state index is 12.2. The van der Waals surface area contributed by atoms with Crippen molar-refractivity contribution in [2.75, 3.05) is 44.7 Å². The molecule has 1 amide bonds. The Balaban J connectivity index is 0.00000242. The summed E-state index contributed by atoms with van der Waals surface area (Å²) in [5.41, 5.74) is 5.56. The predicted molar refractivity (Wildman–Crippen MR) is 99.2 cm³/mol. The molecule has 9 heteroatoms. The number of aryl methyl sites for hydroxylation is 1. The number of hydrogen-bond acceptors (Lipinski definition) is 6. The first kappa shape index (κ1) is 22.4. The Hall–Kier alpha value is -0.600. The zero-order valence-electron chi connectivity index (χ0n) is 13.6. The van der Waals surface area contributed by atoms with Crippen molar-refractivity contribution in [3.63, 3.8) is 0 Å². The van der Waals surface area contributed by atoms with E-state index in [-0.39, 0.29) is 36.8 Å². The van der Waals surface area contributed by atoms with Gasteiger partial charge in [-0.25, -0.2) is 4.98 Å². The van der Waals surface area contributed by atoms with E-state index in [1.807, 2.05) is 11.1 Å². The van der Waals surface area contributed by atoms with Crippen molar-refractivity contribution in [2.24, 2.45) is 5.73 Å². The van der Waals surface area contributed by atoms with Crippen LogP contribution in [0, 0.1) is 0 Å². The lowest BCUT2D eigenvalue weighted by Crippen LogP contribution is -2.49. The highest BCUT2D eigenvalue weighted by Crippen LogP contribution is 2.24. The van der Waals surface area contributed by atoms with Gasteiger partial charge in [-0.3, -0.25) is 4.79 Å². The van der Waals surface area contributed by atoms with Crippen molar-refractivity contribution >= 4 is 47.2 Å². The molecular formula is C14H26Cl2N4O2S. The van der Waals surface area contributed by atoms with E-state index in [1.54, 1.807) is 18.4 Å². The predicted octanol–water partition coefficient (Wildman–Crippen LogP) is 1.56. The summed E-state index contributed by atoms with van der Waals surface area (Å²) in [5.74, 6) is 0.125. The smallest absolute Gasteiger partial charge is 0.225 e. The summed E-state index contributed by atoms with van der Waals surface area (Å²) < 4.78 is 5.18. The zero-order chi connectivity index (χ0) is 15.2. The van der Waals surface area contributed by atoms with E-state index in [0.29, 0.717) is 13.0 Å². The number of rotatable bonds is 6. The van der Waals surface area contributed by atoms with Crippen molar-refractivity contribution in [1.29, 1.82) is 0 Å². The van der Waals surface area contributed by atoms with Gasteiger partial charge < -0.3 is 20.3 Å². The molecule has 23 heavy (non-hydrogen) atoms. The molecule has 1 aromatic rings. The molecule has 1 atom stereocenters. The lowest BCUT2D eigenvalue weighted by atomic mass is 10.2. The summed E-state index contributed by atoms with van der Waals surface area (Å²) >= 11 is 1.74. The highest BCUT2D eigenvalue weighted by Gasteiger charge is 2.24. The molecule has 2 heterocycles. The fourth-order valence-corrected chi connectivity index (χ4v) is 3.24. The van der Waals surface area contributed by atoms with Crippen LogP contribution >= 0.6 is 36.2 Å². The number of carbonyl (C=O) groups is 1. The van der Waals surface area contributed by atoms with Gasteiger partial charge in [-0.1, -0.05) is 6.92 Å². The van der Waals surface area contributed by atoms with E-state index in [9.17, 15) is 4.79 Å². The number of thiazole rings is 1. The Morgan fingerprint density at radius 1 is 1.39 bits per heavy atom. The van der Waals surface area contributed by atoms with Gasteiger partial charge in [0.05, 0.1) is 12.5 Å². The molecule has 6 nitrogen and oxygen atoms in total. The molecule has 0 radical (unpaired) electrons. The maximum absolute atomic E-state index is 12.2. The number of halogens is 2. The van der Waals surface area contributed by atoms with Crippen LogP contribution in [0.5, 0.6) is 0 Å². The average Bonchev–Trinajstić information content (AvgIpc) is 3.01. The molecule has 0 aromatic carbocycles. The highest BCUT2D eigenvalue weighted by molar-refractivity contribution is 7.15. The van der Waals surface area contributed by atoms with E-state index in [4.69, 9.17) is 10.5 Å². The molecule has 2 N–H and O–H groups in total. The quantitative estimate of drug-likeness (QED) is 0.805. The summed E-state index contributed by atoms with van der Waals surface area (Å²) in [4.78, 5) is 22.1. The first-order chi connectivity index (χ1) is 10.2. The second-order valence-corrected chi connectivity index (χ2v) is 6.22. The van der Waals surface area contributed by atoms with Crippen LogP contribution in [0.2, 0.25) is 0 Å². The fraction of sp³-hybridized carbons (Fsp3) is 0.714. The standard InChI is InChI=1S/C14H24N4O2S.2ClH/c1-3-12-10-16-14(21-12)18-6-4-17(5-7-18)13(19)8-11(9-15)20-2;;/h10-11H,3-9,15H2,1-2H3;2*1H. The number of hydrogen-bond donors (Lipinski definition) is 1. The highest BCUT2D eigenvalue weighted by atomic mass is 35.5. The molecule has 1 aliphatic rings. The molecule has 0 aliphatic carbocycles. The van der Waals surface area contributed by atoms with Gasteiger partial charge in [0.15, 0.2) is 5.13 Å². The van der Waals surface area contributed by atoms with Crippen LogP contribution in [0.15, 0.2) is 6.20 Å². The average molecular weight is 385 g/mol. The molecule has 1 aliphatic heterocycles. The molecule has 1 fully saturated rings. The van der Waals surface area contributed by atoms with Crippen molar-refractivity contribution < 1.29 is 9.53 Å². The Morgan fingerprint density at radius 2 is 2.04 bits per heavy atom. The van der Waals surface area contributed by atoms with E-state index in [2.05, 4.69) is 16.8 Å². The Labute approximate surface area is 154 Å². The van der Waals surface area contributed by atoms with Gasteiger partial charge in [0, 0.05) is 50.9 Å². The van der Waals surface area contributed by atoms with Crippen LogP contribution in [-0.2, 0) is 16.0 Å². The Bertz CT molecular complexity index is 463. The third-order valence-electron chi connectivity index (χ3n) is 3.79. The van der Waals surface area contributed by atoms with Gasteiger partial charge >= 0.3 is 0 Å². The molecule has 0 bridgehead atoms. The number of nitrogens with two attached hydrogens (primary N) is 1. The number of piperazine rings is 1. The molecule has 134 valence electrons. The van der Waals surface area contributed by atoms with E-state index in [0.717, 1.165) is 37.7 Å². The van der Waals surface area contributed by atoms with E-state index >= 15 is 0 Å².